The summed E-state index contributed by atoms with van der Waals surface area (Å²) in [5.41, 5.74) is 5.62. The van der Waals surface area contributed by atoms with Gasteiger partial charge >= 0.3 is 0 Å². The minimum absolute atomic E-state index is 0.160. The molecule has 0 unspecified atom stereocenters. The molecule has 0 saturated carbocycles. The van der Waals surface area contributed by atoms with Crippen molar-refractivity contribution in [2.24, 2.45) is 5.73 Å². The van der Waals surface area contributed by atoms with Crippen LogP contribution in [-0.2, 0) is 10.1 Å². The molecular weight excluding hydrogens is 178 g/mol. The maximum atomic E-state index is 10.4. The van der Waals surface area contributed by atoms with E-state index in [9.17, 15) is 8.42 Å². The van der Waals surface area contributed by atoms with Gasteiger partial charge in [0.2, 0.25) is 0 Å². The van der Waals surface area contributed by atoms with E-state index >= 15 is 0 Å². The van der Waals surface area contributed by atoms with Crippen LogP contribution in [0.25, 0.3) is 0 Å². The zero-order valence-corrected chi connectivity index (χ0v) is 7.50. The zero-order chi connectivity index (χ0) is 9.78. The van der Waals surface area contributed by atoms with Crippen molar-refractivity contribution in [2.45, 2.75) is 6.92 Å². The summed E-state index contributed by atoms with van der Waals surface area (Å²) in [4.78, 5) is -0.160. The fourth-order valence-corrected chi connectivity index (χ4v) is 0.608. The van der Waals surface area contributed by atoms with E-state index in [1.807, 2.05) is 0 Å². The van der Waals surface area contributed by atoms with Crippen molar-refractivity contribution in [3.63, 3.8) is 0 Å². The van der Waals surface area contributed by atoms with E-state index in [-0.39, 0.29) is 4.91 Å². The van der Waals surface area contributed by atoms with Crippen LogP contribution in [0.1, 0.15) is 6.92 Å². The maximum Gasteiger partial charge on any atom is 0.290 e. The summed E-state index contributed by atoms with van der Waals surface area (Å²) in [5.74, 6) is 0. The molecule has 0 aromatic rings. The summed E-state index contributed by atoms with van der Waals surface area (Å²) in [6, 6.07) is 0. The van der Waals surface area contributed by atoms with Crippen LogP contribution in [0.4, 0.5) is 0 Å². The Bertz CT molecular complexity index is 325. The summed E-state index contributed by atoms with van der Waals surface area (Å²) in [6.07, 6.45) is 3.91. The van der Waals surface area contributed by atoms with Gasteiger partial charge in [0.15, 0.2) is 0 Å². The number of allylic oxidation sites excluding steroid dienone is 4. The van der Waals surface area contributed by atoms with E-state index in [1.54, 1.807) is 0 Å². The van der Waals surface area contributed by atoms with Crippen LogP contribution in [0.15, 0.2) is 35.4 Å². The van der Waals surface area contributed by atoms with E-state index in [2.05, 4.69) is 6.58 Å². The lowest BCUT2D eigenvalue weighted by Gasteiger charge is -1.92. The summed E-state index contributed by atoms with van der Waals surface area (Å²) in [7, 11) is -4.08. The van der Waals surface area contributed by atoms with E-state index in [1.165, 1.54) is 25.2 Å². The highest BCUT2D eigenvalue weighted by Crippen LogP contribution is 2.02. The Hall–Kier alpha value is -1.07. The Labute approximate surface area is 71.8 Å². The van der Waals surface area contributed by atoms with Crippen molar-refractivity contribution in [2.75, 3.05) is 0 Å². The molecule has 0 spiro atoms. The fourth-order valence-electron chi connectivity index (χ4n) is 0.368. The quantitative estimate of drug-likeness (QED) is 0.508. The van der Waals surface area contributed by atoms with E-state index in [4.69, 9.17) is 10.3 Å². The predicted molar refractivity (Wildman–Crippen MR) is 47.8 cm³/mol. The normalized spacial score (nSPS) is 14.5. The highest BCUT2D eigenvalue weighted by atomic mass is 32.2. The van der Waals surface area contributed by atoms with Crippen LogP contribution in [0, 0.1) is 0 Å². The topological polar surface area (TPSA) is 80.4 Å². The van der Waals surface area contributed by atoms with E-state index < -0.39 is 10.1 Å². The molecule has 0 fully saturated rings. The molecule has 0 amide bonds. The van der Waals surface area contributed by atoms with Crippen molar-refractivity contribution in [3.8, 4) is 0 Å². The molecule has 0 aliphatic heterocycles. The second-order valence-corrected chi connectivity index (χ2v) is 3.72. The van der Waals surface area contributed by atoms with Crippen LogP contribution in [0.2, 0.25) is 0 Å². The van der Waals surface area contributed by atoms with Crippen LogP contribution in [-0.4, -0.2) is 13.0 Å². The van der Waals surface area contributed by atoms with Crippen molar-refractivity contribution in [1.29, 1.82) is 0 Å². The highest BCUT2D eigenvalue weighted by molar-refractivity contribution is 7.89. The minimum Gasteiger partial charge on any atom is -0.399 e. The Balaban J connectivity index is 4.73. The standard InChI is InChI=1S/C7H11NO3S/c1-3-7(8)5-4-6(2)12(9,10)11/h3-5H,1,8H2,2H3,(H,9,10,11)/b6-4+,7-5+. The molecule has 0 rings (SSSR count). The molecular formula is C7H11NO3S. The molecule has 5 heteroatoms. The van der Waals surface area contributed by atoms with E-state index in [0.717, 1.165) is 0 Å². The number of hydrogen-bond donors (Lipinski definition) is 2. The molecule has 3 N–H and O–H groups in total. The van der Waals surface area contributed by atoms with Crippen molar-refractivity contribution in [3.05, 3.63) is 35.4 Å². The molecule has 0 aromatic heterocycles. The Kier molecular flexibility index (Phi) is 3.72. The van der Waals surface area contributed by atoms with Crippen molar-refractivity contribution in [1.82, 2.24) is 0 Å². The Morgan fingerprint density at radius 3 is 2.33 bits per heavy atom. The molecule has 0 bridgehead atoms. The van der Waals surface area contributed by atoms with Crippen molar-refractivity contribution < 1.29 is 13.0 Å². The fraction of sp³-hybridized carbons (Fsp3) is 0.143. The van der Waals surface area contributed by atoms with Gasteiger partial charge in [0.05, 0.1) is 4.91 Å². The zero-order valence-electron chi connectivity index (χ0n) is 6.69. The van der Waals surface area contributed by atoms with Gasteiger partial charge in [0, 0.05) is 5.70 Å². The lowest BCUT2D eigenvalue weighted by atomic mass is 10.4. The summed E-state index contributed by atoms with van der Waals surface area (Å²) in [5, 5.41) is 0. The van der Waals surface area contributed by atoms with Gasteiger partial charge in [-0.15, -0.1) is 0 Å². The Morgan fingerprint density at radius 2 is 2.00 bits per heavy atom. The Morgan fingerprint density at radius 1 is 1.50 bits per heavy atom. The first-order valence-corrected chi connectivity index (χ1v) is 4.56. The van der Waals surface area contributed by atoms with Crippen LogP contribution in [0.5, 0.6) is 0 Å². The van der Waals surface area contributed by atoms with Gasteiger partial charge in [-0.2, -0.15) is 8.42 Å². The van der Waals surface area contributed by atoms with Gasteiger partial charge in [0.1, 0.15) is 0 Å². The molecule has 4 nitrogen and oxygen atoms in total. The third-order valence-electron chi connectivity index (χ3n) is 1.15. The molecule has 0 atom stereocenters. The molecule has 0 saturated heterocycles. The second kappa shape index (κ2) is 4.08. The number of hydrogen-bond acceptors (Lipinski definition) is 3. The smallest absolute Gasteiger partial charge is 0.290 e. The number of rotatable bonds is 3. The van der Waals surface area contributed by atoms with Crippen LogP contribution in [0.3, 0.4) is 0 Å². The summed E-state index contributed by atoms with van der Waals surface area (Å²) < 4.78 is 29.3. The third-order valence-corrected chi connectivity index (χ3v) is 2.10. The molecule has 12 heavy (non-hydrogen) atoms. The molecule has 0 radical (unpaired) electrons. The summed E-state index contributed by atoms with van der Waals surface area (Å²) in [6.45, 7) is 4.63. The second-order valence-electron chi connectivity index (χ2n) is 2.12. The first-order chi connectivity index (χ1) is 5.38. The highest BCUT2D eigenvalue weighted by Gasteiger charge is 2.04. The van der Waals surface area contributed by atoms with Crippen LogP contribution >= 0.6 is 0 Å². The number of nitrogens with two attached hydrogens (primary N) is 1. The maximum absolute atomic E-state index is 10.4. The molecule has 0 heterocycles. The van der Waals surface area contributed by atoms with Gasteiger partial charge in [0.25, 0.3) is 10.1 Å². The van der Waals surface area contributed by atoms with Gasteiger partial charge in [-0.3, -0.25) is 4.55 Å². The average molecular weight is 189 g/mol. The third kappa shape index (κ3) is 3.95. The lowest BCUT2D eigenvalue weighted by Crippen LogP contribution is -1.98. The van der Waals surface area contributed by atoms with Crippen LogP contribution < -0.4 is 5.73 Å². The monoisotopic (exact) mass is 189 g/mol. The summed E-state index contributed by atoms with van der Waals surface area (Å²) >= 11 is 0. The van der Waals surface area contributed by atoms with Gasteiger partial charge < -0.3 is 5.73 Å². The predicted octanol–water partition coefficient (Wildman–Crippen LogP) is 0.807. The average Bonchev–Trinajstić information content (AvgIpc) is 1.97. The minimum atomic E-state index is -4.08. The SMILES string of the molecule is C=C/C(N)=C\C=C(/C)S(=O)(=O)O. The van der Waals surface area contributed by atoms with Gasteiger partial charge in [-0.25, -0.2) is 0 Å². The first kappa shape index (κ1) is 10.9. The molecule has 0 aromatic carbocycles. The lowest BCUT2D eigenvalue weighted by molar-refractivity contribution is 0.491. The molecule has 68 valence electrons. The van der Waals surface area contributed by atoms with E-state index in [0.29, 0.717) is 5.70 Å². The van der Waals surface area contributed by atoms with Gasteiger partial charge in [-0.05, 0) is 25.2 Å². The molecule has 0 aliphatic rings. The molecule has 0 aliphatic carbocycles. The first-order valence-electron chi connectivity index (χ1n) is 3.12. The van der Waals surface area contributed by atoms with Crippen molar-refractivity contribution >= 4 is 10.1 Å². The largest absolute Gasteiger partial charge is 0.399 e. The van der Waals surface area contributed by atoms with Gasteiger partial charge in [-0.1, -0.05) is 6.58 Å².